The molecule has 1 aliphatic carbocycles. The Morgan fingerprint density at radius 3 is 2.33 bits per heavy atom. The van der Waals surface area contributed by atoms with Gasteiger partial charge in [0.05, 0.1) is 0 Å². The summed E-state index contributed by atoms with van der Waals surface area (Å²) in [4.78, 5) is 0. The van der Waals surface area contributed by atoms with Crippen molar-refractivity contribution in [1.29, 1.82) is 0 Å². The van der Waals surface area contributed by atoms with Crippen molar-refractivity contribution in [3.63, 3.8) is 0 Å². The molecule has 0 bridgehead atoms. The molecule has 0 aliphatic heterocycles. The van der Waals surface area contributed by atoms with E-state index in [0.717, 1.165) is 19.3 Å². The third-order valence-corrected chi connectivity index (χ3v) is 5.35. The van der Waals surface area contributed by atoms with Gasteiger partial charge in [-0.1, -0.05) is 43.1 Å². The van der Waals surface area contributed by atoms with E-state index in [2.05, 4.69) is 35.1 Å². The SMILES string of the molecule is CCNC(c1c(F)cc(Br)cc1F)C1CCC(C)C(C)C1. The normalized spacial score (nSPS) is 27.6. The topological polar surface area (TPSA) is 12.0 Å². The molecule has 2 rings (SSSR count). The number of hydrogen-bond donors (Lipinski definition) is 1. The molecule has 1 aromatic carbocycles. The minimum Gasteiger partial charge on any atom is -0.310 e. The van der Waals surface area contributed by atoms with E-state index in [4.69, 9.17) is 0 Å². The van der Waals surface area contributed by atoms with Crippen LogP contribution in [0.5, 0.6) is 0 Å². The van der Waals surface area contributed by atoms with Crippen LogP contribution in [0.3, 0.4) is 0 Å². The highest BCUT2D eigenvalue weighted by Gasteiger charge is 2.33. The average Bonchev–Trinajstić information content (AvgIpc) is 2.40. The molecule has 21 heavy (non-hydrogen) atoms. The maximum atomic E-state index is 14.3. The molecule has 1 aromatic rings. The van der Waals surface area contributed by atoms with Crippen molar-refractivity contribution in [2.24, 2.45) is 17.8 Å². The molecule has 4 unspecified atom stereocenters. The zero-order valence-electron chi connectivity index (χ0n) is 12.9. The van der Waals surface area contributed by atoms with E-state index < -0.39 is 11.6 Å². The predicted molar refractivity (Wildman–Crippen MR) is 86.1 cm³/mol. The summed E-state index contributed by atoms with van der Waals surface area (Å²) in [5.74, 6) is 0.675. The summed E-state index contributed by atoms with van der Waals surface area (Å²) in [5.41, 5.74) is 0.201. The highest BCUT2D eigenvalue weighted by atomic mass is 79.9. The number of benzene rings is 1. The Labute approximate surface area is 134 Å². The van der Waals surface area contributed by atoms with Gasteiger partial charge in [0.15, 0.2) is 0 Å². The van der Waals surface area contributed by atoms with E-state index in [0.29, 0.717) is 28.8 Å². The first-order valence-corrected chi connectivity index (χ1v) is 8.61. The summed E-state index contributed by atoms with van der Waals surface area (Å²) < 4.78 is 29.1. The van der Waals surface area contributed by atoms with Crippen molar-refractivity contribution in [3.8, 4) is 0 Å². The van der Waals surface area contributed by atoms with Gasteiger partial charge in [0.2, 0.25) is 0 Å². The fraction of sp³-hybridized carbons (Fsp3) is 0.647. The fourth-order valence-electron chi connectivity index (χ4n) is 3.47. The molecule has 4 heteroatoms. The molecular formula is C17H24BrF2N. The van der Waals surface area contributed by atoms with Gasteiger partial charge < -0.3 is 5.32 Å². The Balaban J connectivity index is 2.31. The first kappa shape index (κ1) is 16.9. The van der Waals surface area contributed by atoms with Crippen LogP contribution in [-0.4, -0.2) is 6.54 Å². The Morgan fingerprint density at radius 1 is 1.19 bits per heavy atom. The summed E-state index contributed by atoms with van der Waals surface area (Å²) in [6.45, 7) is 7.20. The quantitative estimate of drug-likeness (QED) is 0.753. The van der Waals surface area contributed by atoms with Crippen molar-refractivity contribution >= 4 is 15.9 Å². The van der Waals surface area contributed by atoms with E-state index in [9.17, 15) is 8.78 Å². The van der Waals surface area contributed by atoms with Crippen molar-refractivity contribution in [1.82, 2.24) is 5.32 Å². The molecule has 118 valence electrons. The molecule has 1 N–H and O–H groups in total. The summed E-state index contributed by atoms with van der Waals surface area (Å²) in [6, 6.07) is 2.48. The fourth-order valence-corrected chi connectivity index (χ4v) is 3.87. The van der Waals surface area contributed by atoms with Crippen molar-refractivity contribution in [3.05, 3.63) is 33.8 Å². The van der Waals surface area contributed by atoms with E-state index >= 15 is 0 Å². The molecule has 1 nitrogen and oxygen atoms in total. The lowest BCUT2D eigenvalue weighted by atomic mass is 9.72. The number of hydrogen-bond acceptors (Lipinski definition) is 1. The van der Waals surface area contributed by atoms with Crippen molar-refractivity contribution in [2.45, 2.75) is 46.1 Å². The van der Waals surface area contributed by atoms with Gasteiger partial charge in [0.25, 0.3) is 0 Å². The van der Waals surface area contributed by atoms with Gasteiger partial charge in [-0.2, -0.15) is 0 Å². The molecule has 0 amide bonds. The van der Waals surface area contributed by atoms with Crippen molar-refractivity contribution < 1.29 is 8.78 Å². The largest absolute Gasteiger partial charge is 0.310 e. The predicted octanol–water partition coefficient (Wildman–Crippen LogP) is 5.45. The van der Waals surface area contributed by atoms with Gasteiger partial charge in [-0.05, 0) is 49.3 Å². The van der Waals surface area contributed by atoms with Crippen LogP contribution in [0.25, 0.3) is 0 Å². The minimum absolute atomic E-state index is 0.201. The van der Waals surface area contributed by atoms with E-state index in [1.807, 2.05) is 6.92 Å². The van der Waals surface area contributed by atoms with Crippen LogP contribution in [0, 0.1) is 29.4 Å². The lowest BCUT2D eigenvalue weighted by molar-refractivity contribution is 0.168. The monoisotopic (exact) mass is 359 g/mol. The highest BCUT2D eigenvalue weighted by molar-refractivity contribution is 9.10. The molecule has 1 fully saturated rings. The number of rotatable bonds is 4. The second-order valence-corrected chi connectivity index (χ2v) is 7.26. The molecule has 0 saturated heterocycles. The summed E-state index contributed by atoms with van der Waals surface area (Å²) in [7, 11) is 0. The zero-order chi connectivity index (χ0) is 15.6. The maximum absolute atomic E-state index is 14.3. The van der Waals surface area contributed by atoms with Gasteiger partial charge in [0, 0.05) is 16.1 Å². The van der Waals surface area contributed by atoms with E-state index in [1.54, 1.807) is 0 Å². The van der Waals surface area contributed by atoms with Gasteiger partial charge in [0.1, 0.15) is 11.6 Å². The molecule has 0 heterocycles. The van der Waals surface area contributed by atoms with Crippen LogP contribution >= 0.6 is 15.9 Å². The van der Waals surface area contributed by atoms with Gasteiger partial charge in [-0.25, -0.2) is 8.78 Å². The maximum Gasteiger partial charge on any atom is 0.132 e. The highest BCUT2D eigenvalue weighted by Crippen LogP contribution is 2.41. The second kappa shape index (κ2) is 7.19. The Kier molecular flexibility index (Phi) is 5.78. The molecule has 0 aromatic heterocycles. The first-order valence-electron chi connectivity index (χ1n) is 7.81. The van der Waals surface area contributed by atoms with Crippen LogP contribution in [0.1, 0.15) is 51.6 Å². The summed E-state index contributed by atoms with van der Waals surface area (Å²) in [6.07, 6.45) is 3.18. The molecule has 0 spiro atoms. The van der Waals surface area contributed by atoms with Crippen LogP contribution in [0.15, 0.2) is 16.6 Å². The molecular weight excluding hydrogens is 336 g/mol. The lowest BCUT2D eigenvalue weighted by Crippen LogP contribution is -2.34. The van der Waals surface area contributed by atoms with Gasteiger partial charge in [-0.3, -0.25) is 0 Å². The molecule has 4 atom stereocenters. The first-order chi connectivity index (χ1) is 9.93. The van der Waals surface area contributed by atoms with Gasteiger partial charge >= 0.3 is 0 Å². The summed E-state index contributed by atoms with van der Waals surface area (Å²) >= 11 is 3.15. The van der Waals surface area contributed by atoms with E-state index in [-0.39, 0.29) is 11.6 Å². The Morgan fingerprint density at radius 2 is 1.81 bits per heavy atom. The Hall–Kier alpha value is -0.480. The molecule has 0 radical (unpaired) electrons. The zero-order valence-corrected chi connectivity index (χ0v) is 14.5. The van der Waals surface area contributed by atoms with Crippen LogP contribution in [0.2, 0.25) is 0 Å². The smallest absolute Gasteiger partial charge is 0.132 e. The second-order valence-electron chi connectivity index (χ2n) is 6.35. The van der Waals surface area contributed by atoms with Gasteiger partial charge in [-0.15, -0.1) is 0 Å². The molecule has 1 saturated carbocycles. The number of halogens is 3. The van der Waals surface area contributed by atoms with Crippen LogP contribution in [-0.2, 0) is 0 Å². The lowest BCUT2D eigenvalue weighted by Gasteiger charge is -2.37. The van der Waals surface area contributed by atoms with Crippen LogP contribution < -0.4 is 5.32 Å². The third-order valence-electron chi connectivity index (χ3n) is 4.89. The third kappa shape index (κ3) is 3.84. The summed E-state index contributed by atoms with van der Waals surface area (Å²) in [5, 5.41) is 3.31. The standard InChI is InChI=1S/C17H24BrF2N/c1-4-21-17(12-6-5-10(2)11(3)7-12)16-14(19)8-13(18)9-15(16)20/h8-12,17,21H,4-7H2,1-3H3. The molecule has 1 aliphatic rings. The van der Waals surface area contributed by atoms with Crippen molar-refractivity contribution in [2.75, 3.05) is 6.54 Å². The van der Waals surface area contributed by atoms with Crippen LogP contribution in [0.4, 0.5) is 8.78 Å². The average molecular weight is 360 g/mol. The Bertz CT molecular complexity index is 469. The van der Waals surface area contributed by atoms with E-state index in [1.165, 1.54) is 12.1 Å². The minimum atomic E-state index is -0.459. The number of nitrogens with one attached hydrogen (secondary N) is 1.